The van der Waals surface area contributed by atoms with Gasteiger partial charge in [-0.1, -0.05) is 6.07 Å². The smallest absolute Gasteiger partial charge is 0.291 e. The SMILES string of the molecule is O=C(NN=Cc1ccc([N+](=O)[O-])cc1)c1cccc(NC(=O)c2ccco2)c1. The summed E-state index contributed by atoms with van der Waals surface area (Å²) in [4.78, 5) is 34.3. The number of rotatable bonds is 6. The van der Waals surface area contributed by atoms with Crippen LogP contribution >= 0.6 is 0 Å². The molecule has 0 unspecified atom stereocenters. The molecule has 0 radical (unpaired) electrons. The summed E-state index contributed by atoms with van der Waals surface area (Å²) in [5.41, 5.74) is 3.63. The third kappa shape index (κ3) is 4.67. The molecule has 28 heavy (non-hydrogen) atoms. The normalized spacial score (nSPS) is 10.6. The number of carbonyl (C=O) groups is 2. The quantitative estimate of drug-likeness (QED) is 0.387. The van der Waals surface area contributed by atoms with Crippen LogP contribution in [-0.2, 0) is 0 Å². The monoisotopic (exact) mass is 378 g/mol. The lowest BCUT2D eigenvalue weighted by atomic mass is 10.2. The molecule has 140 valence electrons. The lowest BCUT2D eigenvalue weighted by Gasteiger charge is -2.05. The van der Waals surface area contributed by atoms with Gasteiger partial charge in [-0.25, -0.2) is 5.43 Å². The summed E-state index contributed by atoms with van der Waals surface area (Å²) in [6.45, 7) is 0. The number of nitro benzene ring substituents is 1. The zero-order chi connectivity index (χ0) is 19.9. The van der Waals surface area contributed by atoms with Crippen LogP contribution in [0.2, 0.25) is 0 Å². The molecule has 0 spiro atoms. The van der Waals surface area contributed by atoms with Gasteiger partial charge in [0.2, 0.25) is 0 Å². The standard InChI is InChI=1S/C19H14N4O5/c24-18(22-20-12-13-6-8-16(9-7-13)23(26)27)14-3-1-4-15(11-14)21-19(25)17-5-2-10-28-17/h1-12H,(H,21,25)(H,22,24). The Balaban J connectivity index is 1.61. The predicted octanol–water partition coefficient (Wildman–Crippen LogP) is 3.20. The first-order valence-electron chi connectivity index (χ1n) is 8.06. The Kier molecular flexibility index (Phi) is 5.56. The minimum atomic E-state index is -0.500. The second-order valence-electron chi connectivity index (χ2n) is 5.56. The Morgan fingerprint density at radius 2 is 1.82 bits per heavy atom. The highest BCUT2D eigenvalue weighted by atomic mass is 16.6. The Bertz CT molecular complexity index is 1030. The summed E-state index contributed by atoms with van der Waals surface area (Å²) in [6, 6.07) is 15.2. The molecule has 0 saturated carbocycles. The highest BCUT2D eigenvalue weighted by Gasteiger charge is 2.10. The fourth-order valence-electron chi connectivity index (χ4n) is 2.25. The average molecular weight is 378 g/mol. The number of carbonyl (C=O) groups excluding carboxylic acids is 2. The number of furan rings is 1. The van der Waals surface area contributed by atoms with Crippen molar-refractivity contribution in [2.24, 2.45) is 5.10 Å². The highest BCUT2D eigenvalue weighted by Crippen LogP contribution is 2.13. The van der Waals surface area contributed by atoms with Gasteiger partial charge in [0, 0.05) is 23.4 Å². The summed E-state index contributed by atoms with van der Waals surface area (Å²) in [7, 11) is 0. The van der Waals surface area contributed by atoms with E-state index >= 15 is 0 Å². The van der Waals surface area contributed by atoms with Crippen molar-refractivity contribution in [1.82, 2.24) is 5.43 Å². The van der Waals surface area contributed by atoms with Crippen LogP contribution in [0.15, 0.2) is 76.4 Å². The molecule has 2 N–H and O–H groups in total. The minimum Gasteiger partial charge on any atom is -0.459 e. The highest BCUT2D eigenvalue weighted by molar-refractivity contribution is 6.03. The average Bonchev–Trinajstić information content (AvgIpc) is 3.23. The second-order valence-corrected chi connectivity index (χ2v) is 5.56. The van der Waals surface area contributed by atoms with Crippen LogP contribution in [0.25, 0.3) is 0 Å². The molecular weight excluding hydrogens is 364 g/mol. The molecule has 0 atom stereocenters. The van der Waals surface area contributed by atoms with Gasteiger partial charge in [0.25, 0.3) is 17.5 Å². The zero-order valence-electron chi connectivity index (χ0n) is 14.4. The van der Waals surface area contributed by atoms with Gasteiger partial charge in [-0.05, 0) is 48.0 Å². The van der Waals surface area contributed by atoms with Crippen LogP contribution in [0.4, 0.5) is 11.4 Å². The van der Waals surface area contributed by atoms with Gasteiger partial charge in [-0.2, -0.15) is 5.10 Å². The van der Waals surface area contributed by atoms with Crippen LogP contribution in [-0.4, -0.2) is 23.0 Å². The number of hydrogen-bond donors (Lipinski definition) is 2. The van der Waals surface area contributed by atoms with E-state index < -0.39 is 16.7 Å². The summed E-state index contributed by atoms with van der Waals surface area (Å²) >= 11 is 0. The van der Waals surface area contributed by atoms with Gasteiger partial charge >= 0.3 is 0 Å². The summed E-state index contributed by atoms with van der Waals surface area (Å²) < 4.78 is 5.01. The number of hydrogen-bond acceptors (Lipinski definition) is 6. The van der Waals surface area contributed by atoms with Crippen LogP contribution in [0.1, 0.15) is 26.5 Å². The van der Waals surface area contributed by atoms with Gasteiger partial charge in [0.15, 0.2) is 5.76 Å². The Morgan fingerprint density at radius 1 is 1.04 bits per heavy atom. The number of nitrogens with zero attached hydrogens (tertiary/aromatic N) is 2. The zero-order valence-corrected chi connectivity index (χ0v) is 14.4. The molecule has 1 heterocycles. The van der Waals surface area contributed by atoms with E-state index in [1.165, 1.54) is 48.9 Å². The van der Waals surface area contributed by atoms with Gasteiger partial charge in [-0.15, -0.1) is 0 Å². The second kappa shape index (κ2) is 8.41. The van der Waals surface area contributed by atoms with E-state index in [2.05, 4.69) is 15.8 Å². The minimum absolute atomic E-state index is 0.0328. The van der Waals surface area contributed by atoms with E-state index in [1.54, 1.807) is 24.3 Å². The van der Waals surface area contributed by atoms with Crippen LogP contribution in [0.5, 0.6) is 0 Å². The number of amides is 2. The summed E-state index contributed by atoms with van der Waals surface area (Å²) in [5, 5.41) is 17.1. The molecule has 0 aliphatic carbocycles. The van der Waals surface area contributed by atoms with Crippen molar-refractivity contribution in [2.45, 2.75) is 0 Å². The third-order valence-corrected chi connectivity index (χ3v) is 3.61. The van der Waals surface area contributed by atoms with E-state index in [-0.39, 0.29) is 17.0 Å². The molecule has 0 fully saturated rings. The Morgan fingerprint density at radius 3 is 2.50 bits per heavy atom. The van der Waals surface area contributed by atoms with E-state index in [4.69, 9.17) is 4.42 Å². The van der Waals surface area contributed by atoms with Gasteiger partial charge in [0.05, 0.1) is 17.4 Å². The largest absolute Gasteiger partial charge is 0.459 e. The van der Waals surface area contributed by atoms with E-state index in [1.807, 2.05) is 0 Å². The lowest BCUT2D eigenvalue weighted by molar-refractivity contribution is -0.384. The topological polar surface area (TPSA) is 127 Å². The van der Waals surface area contributed by atoms with Gasteiger partial charge < -0.3 is 9.73 Å². The lowest BCUT2D eigenvalue weighted by Crippen LogP contribution is -2.18. The summed E-state index contributed by atoms with van der Waals surface area (Å²) in [6.07, 6.45) is 2.76. The predicted molar refractivity (Wildman–Crippen MR) is 101 cm³/mol. The molecule has 9 nitrogen and oxygen atoms in total. The fourth-order valence-corrected chi connectivity index (χ4v) is 2.25. The molecule has 0 aliphatic heterocycles. The number of nitrogens with one attached hydrogen (secondary N) is 2. The number of benzene rings is 2. The fraction of sp³-hybridized carbons (Fsp3) is 0. The van der Waals surface area contributed by atoms with Crippen molar-refractivity contribution in [3.63, 3.8) is 0 Å². The molecule has 0 bridgehead atoms. The molecule has 9 heteroatoms. The molecule has 2 amide bonds. The molecule has 2 aromatic carbocycles. The van der Waals surface area contributed by atoms with Crippen molar-refractivity contribution in [1.29, 1.82) is 0 Å². The molecule has 3 aromatic rings. The van der Waals surface area contributed by atoms with E-state index in [9.17, 15) is 19.7 Å². The molecule has 0 aliphatic rings. The number of non-ortho nitro benzene ring substituents is 1. The van der Waals surface area contributed by atoms with Crippen molar-refractivity contribution in [2.75, 3.05) is 5.32 Å². The first-order chi connectivity index (χ1) is 13.5. The van der Waals surface area contributed by atoms with Crippen molar-refractivity contribution < 1.29 is 18.9 Å². The molecule has 3 rings (SSSR count). The van der Waals surface area contributed by atoms with Crippen LogP contribution in [0.3, 0.4) is 0 Å². The Labute approximate surface area is 158 Å². The molecular formula is C19H14N4O5. The first kappa shape index (κ1) is 18.5. The maximum atomic E-state index is 12.2. The van der Waals surface area contributed by atoms with Gasteiger partial charge in [0.1, 0.15) is 0 Å². The number of nitro groups is 1. The van der Waals surface area contributed by atoms with Gasteiger partial charge in [-0.3, -0.25) is 19.7 Å². The Hall–Kier alpha value is -4.27. The third-order valence-electron chi connectivity index (χ3n) is 3.61. The van der Waals surface area contributed by atoms with Crippen molar-refractivity contribution in [3.05, 3.63) is 93.9 Å². The van der Waals surface area contributed by atoms with Crippen molar-refractivity contribution >= 4 is 29.4 Å². The maximum Gasteiger partial charge on any atom is 0.291 e. The van der Waals surface area contributed by atoms with E-state index in [0.717, 1.165) is 0 Å². The van der Waals surface area contributed by atoms with E-state index in [0.29, 0.717) is 11.3 Å². The van der Waals surface area contributed by atoms with Crippen LogP contribution < -0.4 is 10.7 Å². The van der Waals surface area contributed by atoms with Crippen molar-refractivity contribution in [3.8, 4) is 0 Å². The molecule has 0 saturated heterocycles. The number of hydrazone groups is 1. The molecule has 1 aromatic heterocycles. The maximum absolute atomic E-state index is 12.2. The summed E-state index contributed by atoms with van der Waals surface area (Å²) in [5.74, 6) is -0.756. The number of anilines is 1. The first-order valence-corrected chi connectivity index (χ1v) is 8.06. The van der Waals surface area contributed by atoms with Crippen LogP contribution in [0, 0.1) is 10.1 Å².